The van der Waals surface area contributed by atoms with Gasteiger partial charge in [0.1, 0.15) is 23.9 Å². The maximum absolute atomic E-state index is 14.8. The van der Waals surface area contributed by atoms with Crippen LogP contribution >= 0.6 is 0 Å². The van der Waals surface area contributed by atoms with Gasteiger partial charge >= 0.3 is 0 Å². The summed E-state index contributed by atoms with van der Waals surface area (Å²) >= 11 is 0. The molecular weight excluding hydrogens is 461 g/mol. The molecule has 0 radical (unpaired) electrons. The Morgan fingerprint density at radius 2 is 1.89 bits per heavy atom. The van der Waals surface area contributed by atoms with Crippen LogP contribution in [0.4, 0.5) is 27.3 Å². The van der Waals surface area contributed by atoms with Gasteiger partial charge in [-0.2, -0.15) is 0 Å². The maximum atomic E-state index is 14.8. The van der Waals surface area contributed by atoms with Gasteiger partial charge in [0.15, 0.2) is 0 Å². The van der Waals surface area contributed by atoms with Crippen molar-refractivity contribution in [1.29, 1.82) is 0 Å². The number of amides is 2. The SMILES string of the molecule is O=C1CCCN1c1ccc(-c2ccc(Nc3cnc4c(c3)N3C(=O)C5(CC5)C[C@H]3CO4)nc2)cc1F. The Kier molecular flexibility index (Phi) is 4.58. The van der Waals surface area contributed by atoms with Gasteiger partial charge in [-0.25, -0.2) is 14.4 Å². The molecule has 1 atom stereocenters. The van der Waals surface area contributed by atoms with Gasteiger partial charge in [-0.15, -0.1) is 0 Å². The average molecular weight is 486 g/mol. The van der Waals surface area contributed by atoms with Crippen LogP contribution in [0, 0.1) is 11.2 Å². The monoisotopic (exact) mass is 485 g/mol. The number of carbonyl (C=O) groups excluding carboxylic acids is 2. The zero-order valence-corrected chi connectivity index (χ0v) is 19.5. The Balaban J connectivity index is 1.10. The Morgan fingerprint density at radius 3 is 2.61 bits per heavy atom. The summed E-state index contributed by atoms with van der Waals surface area (Å²) in [5.74, 6) is 0.798. The molecule has 2 saturated heterocycles. The van der Waals surface area contributed by atoms with E-state index in [1.54, 1.807) is 24.5 Å². The summed E-state index contributed by atoms with van der Waals surface area (Å²) in [6.45, 7) is 1.04. The fourth-order valence-electron chi connectivity index (χ4n) is 5.62. The first-order chi connectivity index (χ1) is 17.5. The van der Waals surface area contributed by atoms with Crippen molar-refractivity contribution in [2.75, 3.05) is 28.3 Å². The largest absolute Gasteiger partial charge is 0.474 e. The van der Waals surface area contributed by atoms with E-state index in [1.165, 1.54) is 11.0 Å². The molecule has 7 rings (SSSR count). The number of nitrogens with one attached hydrogen (secondary N) is 1. The molecular formula is C27H24FN5O3. The number of nitrogens with zero attached hydrogens (tertiary/aromatic N) is 4. The van der Waals surface area contributed by atoms with Crippen molar-refractivity contribution < 1.29 is 18.7 Å². The van der Waals surface area contributed by atoms with Gasteiger partial charge in [-0.3, -0.25) is 9.59 Å². The molecule has 3 aromatic rings. The maximum Gasteiger partial charge on any atom is 0.238 e. The molecule has 36 heavy (non-hydrogen) atoms. The summed E-state index contributed by atoms with van der Waals surface area (Å²) in [7, 11) is 0. The predicted octanol–water partition coefficient (Wildman–Crippen LogP) is 4.43. The molecule has 1 saturated carbocycles. The second-order valence-electron chi connectivity index (χ2n) is 10.0. The first-order valence-electron chi connectivity index (χ1n) is 12.3. The summed E-state index contributed by atoms with van der Waals surface area (Å²) < 4.78 is 20.6. The quantitative estimate of drug-likeness (QED) is 0.588. The van der Waals surface area contributed by atoms with Crippen molar-refractivity contribution in [2.24, 2.45) is 5.41 Å². The van der Waals surface area contributed by atoms with Gasteiger partial charge in [-0.1, -0.05) is 6.07 Å². The molecule has 5 heterocycles. The van der Waals surface area contributed by atoms with E-state index in [9.17, 15) is 14.0 Å². The molecule has 1 N–H and O–H groups in total. The Labute approximate surface area is 207 Å². The number of hydrogen-bond acceptors (Lipinski definition) is 6. The molecule has 3 fully saturated rings. The first-order valence-corrected chi connectivity index (χ1v) is 12.3. The third kappa shape index (κ3) is 3.33. The highest BCUT2D eigenvalue weighted by molar-refractivity contribution is 6.04. The van der Waals surface area contributed by atoms with Crippen molar-refractivity contribution in [1.82, 2.24) is 9.97 Å². The third-order valence-corrected chi connectivity index (χ3v) is 7.70. The fourth-order valence-corrected chi connectivity index (χ4v) is 5.62. The number of anilines is 4. The molecule has 2 amide bonds. The number of halogens is 1. The second-order valence-corrected chi connectivity index (χ2v) is 10.0. The zero-order valence-electron chi connectivity index (χ0n) is 19.5. The Morgan fingerprint density at radius 1 is 1.03 bits per heavy atom. The summed E-state index contributed by atoms with van der Waals surface area (Å²) in [6.07, 6.45) is 7.31. The zero-order chi connectivity index (χ0) is 24.4. The molecule has 8 nitrogen and oxygen atoms in total. The predicted molar refractivity (Wildman–Crippen MR) is 132 cm³/mol. The second kappa shape index (κ2) is 7.74. The van der Waals surface area contributed by atoms with Crippen molar-refractivity contribution in [3.63, 3.8) is 0 Å². The molecule has 182 valence electrons. The lowest BCUT2D eigenvalue weighted by Gasteiger charge is -2.31. The number of pyridine rings is 2. The summed E-state index contributed by atoms with van der Waals surface area (Å²) in [5, 5.41) is 3.24. The number of carbonyl (C=O) groups is 2. The Hall–Kier alpha value is -4.01. The highest BCUT2D eigenvalue weighted by Crippen LogP contribution is 2.58. The number of ether oxygens (including phenoxy) is 1. The first kappa shape index (κ1) is 21.3. The van der Waals surface area contributed by atoms with Crippen molar-refractivity contribution in [3.05, 3.63) is 54.6 Å². The van der Waals surface area contributed by atoms with E-state index in [2.05, 4.69) is 15.3 Å². The smallest absolute Gasteiger partial charge is 0.238 e. The van der Waals surface area contributed by atoms with Gasteiger partial charge in [0.2, 0.25) is 17.7 Å². The lowest BCUT2D eigenvalue weighted by Crippen LogP contribution is -2.41. The van der Waals surface area contributed by atoms with Gasteiger partial charge in [0.05, 0.1) is 29.0 Å². The molecule has 4 aliphatic rings. The van der Waals surface area contributed by atoms with Crippen LogP contribution in [0.15, 0.2) is 48.8 Å². The van der Waals surface area contributed by atoms with Crippen molar-refractivity contribution >= 4 is 34.7 Å². The van der Waals surface area contributed by atoms with Gasteiger partial charge < -0.3 is 19.9 Å². The topological polar surface area (TPSA) is 87.7 Å². The standard InChI is InChI=1S/C27H24FN5O3/c28-20-10-16(3-5-21(20)32-9-1-2-24(32)34)17-4-6-23(29-13-17)31-18-11-22-25(30-14-18)36-15-19-12-27(7-8-27)26(35)33(19)22/h3-6,10-11,13-14,19H,1-2,7-9,12,15H2,(H,29,31)/t19-/m0/s1. The highest BCUT2D eigenvalue weighted by Gasteiger charge is 2.60. The van der Waals surface area contributed by atoms with E-state index >= 15 is 0 Å². The minimum absolute atomic E-state index is 0.0429. The van der Waals surface area contributed by atoms with E-state index in [0.29, 0.717) is 53.9 Å². The number of benzene rings is 1. The van der Waals surface area contributed by atoms with E-state index < -0.39 is 5.82 Å². The van der Waals surface area contributed by atoms with E-state index in [1.807, 2.05) is 23.1 Å². The number of aromatic nitrogens is 2. The van der Waals surface area contributed by atoms with Crippen LogP contribution in [0.25, 0.3) is 11.1 Å². The molecule has 2 aromatic heterocycles. The van der Waals surface area contributed by atoms with Gasteiger partial charge in [0.25, 0.3) is 0 Å². The number of rotatable bonds is 4. The molecule has 3 aliphatic heterocycles. The summed E-state index contributed by atoms with van der Waals surface area (Å²) in [4.78, 5) is 37.3. The van der Waals surface area contributed by atoms with E-state index in [0.717, 1.165) is 31.2 Å². The van der Waals surface area contributed by atoms with Crippen molar-refractivity contribution in [2.45, 2.75) is 38.1 Å². The van der Waals surface area contributed by atoms with Crippen LogP contribution in [0.2, 0.25) is 0 Å². The average Bonchev–Trinajstić information content (AvgIpc) is 3.45. The summed E-state index contributed by atoms with van der Waals surface area (Å²) in [5.41, 5.74) is 2.99. The minimum atomic E-state index is -0.421. The van der Waals surface area contributed by atoms with Crippen LogP contribution in [0.1, 0.15) is 32.1 Å². The third-order valence-electron chi connectivity index (χ3n) is 7.70. The van der Waals surface area contributed by atoms with E-state index in [4.69, 9.17) is 4.74 Å². The lowest BCUT2D eigenvalue weighted by atomic mass is 10.0. The Bertz CT molecular complexity index is 1410. The lowest BCUT2D eigenvalue weighted by molar-refractivity contribution is -0.121. The fraction of sp³-hybridized carbons (Fsp3) is 0.333. The van der Waals surface area contributed by atoms with Crippen LogP contribution < -0.4 is 19.9 Å². The van der Waals surface area contributed by atoms with Crippen LogP contribution in [0.3, 0.4) is 0 Å². The van der Waals surface area contributed by atoms with E-state index in [-0.39, 0.29) is 23.3 Å². The van der Waals surface area contributed by atoms with Crippen molar-refractivity contribution in [3.8, 4) is 17.0 Å². The molecule has 1 spiro atoms. The summed E-state index contributed by atoms with van der Waals surface area (Å²) in [6, 6.07) is 10.5. The highest BCUT2D eigenvalue weighted by atomic mass is 19.1. The molecule has 9 heteroatoms. The van der Waals surface area contributed by atoms with Crippen LogP contribution in [-0.2, 0) is 9.59 Å². The normalized spacial score (nSPS) is 21.4. The number of hydrogen-bond donors (Lipinski definition) is 1. The molecule has 0 bridgehead atoms. The van der Waals surface area contributed by atoms with Gasteiger partial charge in [-0.05, 0) is 61.6 Å². The van der Waals surface area contributed by atoms with Crippen LogP contribution in [0.5, 0.6) is 5.88 Å². The van der Waals surface area contributed by atoms with Gasteiger partial charge in [0, 0.05) is 24.7 Å². The molecule has 0 unspecified atom stereocenters. The molecule has 1 aliphatic carbocycles. The molecule has 1 aromatic carbocycles. The number of fused-ring (bicyclic) bond motifs is 3. The minimum Gasteiger partial charge on any atom is -0.474 e. The van der Waals surface area contributed by atoms with Crippen LogP contribution in [-0.4, -0.2) is 41.0 Å².